The van der Waals surface area contributed by atoms with E-state index in [1.807, 2.05) is 6.92 Å². The maximum atomic E-state index is 12.8. The van der Waals surface area contributed by atoms with E-state index in [2.05, 4.69) is 4.98 Å². The predicted molar refractivity (Wildman–Crippen MR) is 88.8 cm³/mol. The number of aromatic amines is 1. The van der Waals surface area contributed by atoms with Crippen LogP contribution in [0.3, 0.4) is 0 Å². The van der Waals surface area contributed by atoms with E-state index in [4.69, 9.17) is 10.2 Å². The highest BCUT2D eigenvalue weighted by Gasteiger charge is 2.20. The zero-order valence-corrected chi connectivity index (χ0v) is 12.4. The molecule has 0 bridgehead atoms. The number of phenols is 1. The lowest BCUT2D eigenvalue weighted by molar-refractivity contribution is 0.101. The number of carbonyl (C=O) groups is 1. The van der Waals surface area contributed by atoms with Gasteiger partial charge in [0.05, 0.1) is 5.69 Å². The van der Waals surface area contributed by atoms with Crippen molar-refractivity contribution in [1.82, 2.24) is 4.98 Å². The number of aromatic hydroxyl groups is 1. The first-order chi connectivity index (χ1) is 11.0. The first-order valence-corrected chi connectivity index (χ1v) is 7.18. The Balaban J connectivity index is 1.85. The van der Waals surface area contributed by atoms with Gasteiger partial charge in [-0.1, -0.05) is 0 Å². The Bertz CT molecular complexity index is 1070. The number of rotatable bonds is 2. The Hall–Kier alpha value is -3.21. The minimum absolute atomic E-state index is 0.165. The number of nitrogens with one attached hydrogen (secondary N) is 1. The van der Waals surface area contributed by atoms with Crippen LogP contribution in [0.4, 0.5) is 5.69 Å². The van der Waals surface area contributed by atoms with Crippen LogP contribution in [0.2, 0.25) is 0 Å². The molecule has 0 amide bonds. The molecule has 2 heterocycles. The summed E-state index contributed by atoms with van der Waals surface area (Å²) in [7, 11) is 0. The minimum atomic E-state index is -0.229. The van der Waals surface area contributed by atoms with E-state index in [9.17, 15) is 9.90 Å². The lowest BCUT2D eigenvalue weighted by atomic mass is 10.1. The van der Waals surface area contributed by atoms with Gasteiger partial charge in [-0.3, -0.25) is 4.79 Å². The molecule has 114 valence electrons. The summed E-state index contributed by atoms with van der Waals surface area (Å²) < 4.78 is 5.64. The van der Waals surface area contributed by atoms with Crippen LogP contribution >= 0.6 is 0 Å². The summed E-state index contributed by atoms with van der Waals surface area (Å²) >= 11 is 0. The number of H-pyrrole nitrogens is 1. The number of ketones is 1. The number of aromatic nitrogens is 1. The standard InChI is InChI=1S/C18H14N2O3/c1-9-13-8-12(21)3-4-14(13)20-17(9)18(22)16-7-10-6-11(19)2-5-15(10)23-16/h2-8,20-21H,19H2,1H3. The molecule has 0 aliphatic carbocycles. The van der Waals surface area contributed by atoms with Crippen molar-refractivity contribution < 1.29 is 14.3 Å². The normalized spacial score (nSPS) is 11.3. The van der Waals surface area contributed by atoms with Crippen molar-refractivity contribution in [1.29, 1.82) is 0 Å². The number of aryl methyl sites for hydroxylation is 1. The van der Waals surface area contributed by atoms with E-state index >= 15 is 0 Å². The van der Waals surface area contributed by atoms with Gasteiger partial charge in [0.25, 0.3) is 0 Å². The SMILES string of the molecule is Cc1c(C(=O)c2cc3cc(N)ccc3o2)[nH]c2ccc(O)cc12. The number of nitrogen functional groups attached to an aromatic ring is 1. The van der Waals surface area contributed by atoms with Crippen molar-refractivity contribution in [2.45, 2.75) is 6.92 Å². The fraction of sp³-hybridized carbons (Fsp3) is 0.0556. The molecule has 2 aromatic carbocycles. The van der Waals surface area contributed by atoms with E-state index in [1.54, 1.807) is 42.5 Å². The third kappa shape index (κ3) is 2.05. The van der Waals surface area contributed by atoms with Gasteiger partial charge in [0.1, 0.15) is 11.3 Å². The van der Waals surface area contributed by atoms with Crippen LogP contribution in [0.5, 0.6) is 5.75 Å². The second-order valence-electron chi connectivity index (χ2n) is 5.59. The van der Waals surface area contributed by atoms with Crippen LogP contribution in [-0.4, -0.2) is 15.9 Å². The van der Waals surface area contributed by atoms with E-state index in [1.165, 1.54) is 0 Å². The Morgan fingerprint density at radius 3 is 2.83 bits per heavy atom. The van der Waals surface area contributed by atoms with Gasteiger partial charge in [-0.25, -0.2) is 0 Å². The number of anilines is 1. The van der Waals surface area contributed by atoms with Crippen LogP contribution in [0.25, 0.3) is 21.9 Å². The third-order valence-electron chi connectivity index (χ3n) is 4.03. The monoisotopic (exact) mass is 306 g/mol. The summed E-state index contributed by atoms with van der Waals surface area (Å²) in [5.74, 6) is 0.190. The number of fused-ring (bicyclic) bond motifs is 2. The number of benzene rings is 2. The zero-order chi connectivity index (χ0) is 16.1. The summed E-state index contributed by atoms with van der Waals surface area (Å²) in [5.41, 5.74) is 9.02. The largest absolute Gasteiger partial charge is 0.508 e. The van der Waals surface area contributed by atoms with Gasteiger partial charge in [0, 0.05) is 22.0 Å². The van der Waals surface area contributed by atoms with Gasteiger partial charge in [-0.05, 0) is 55.0 Å². The Morgan fingerprint density at radius 2 is 2.00 bits per heavy atom. The molecule has 23 heavy (non-hydrogen) atoms. The van der Waals surface area contributed by atoms with Gasteiger partial charge in [0.2, 0.25) is 5.78 Å². The second kappa shape index (κ2) is 4.64. The molecule has 0 spiro atoms. The van der Waals surface area contributed by atoms with Crippen molar-refractivity contribution >= 4 is 33.3 Å². The molecule has 5 nitrogen and oxygen atoms in total. The predicted octanol–water partition coefficient (Wildman–Crippen LogP) is 3.74. The van der Waals surface area contributed by atoms with Crippen LogP contribution in [0, 0.1) is 6.92 Å². The maximum absolute atomic E-state index is 12.8. The number of nitrogens with two attached hydrogens (primary N) is 1. The summed E-state index contributed by atoms with van der Waals surface area (Å²) in [4.78, 5) is 15.9. The molecular weight excluding hydrogens is 292 g/mol. The average molecular weight is 306 g/mol. The smallest absolute Gasteiger partial charge is 0.244 e. The number of hydrogen-bond acceptors (Lipinski definition) is 4. The number of hydrogen-bond donors (Lipinski definition) is 3. The quantitative estimate of drug-likeness (QED) is 0.388. The summed E-state index contributed by atoms with van der Waals surface area (Å²) in [6.45, 7) is 1.84. The highest BCUT2D eigenvalue weighted by molar-refractivity contribution is 6.11. The summed E-state index contributed by atoms with van der Waals surface area (Å²) in [6, 6.07) is 11.9. The molecule has 0 aliphatic rings. The molecule has 4 N–H and O–H groups in total. The van der Waals surface area contributed by atoms with E-state index in [-0.39, 0.29) is 17.3 Å². The maximum Gasteiger partial charge on any atom is 0.244 e. The van der Waals surface area contributed by atoms with Crippen LogP contribution in [0.15, 0.2) is 46.9 Å². The topological polar surface area (TPSA) is 92.3 Å². The van der Waals surface area contributed by atoms with E-state index in [0.29, 0.717) is 17.0 Å². The fourth-order valence-electron chi connectivity index (χ4n) is 2.84. The fourth-order valence-corrected chi connectivity index (χ4v) is 2.84. The van der Waals surface area contributed by atoms with Crippen molar-refractivity contribution in [2.24, 2.45) is 0 Å². The third-order valence-corrected chi connectivity index (χ3v) is 4.03. The molecule has 5 heteroatoms. The summed E-state index contributed by atoms with van der Waals surface area (Å²) in [5, 5.41) is 11.2. The molecule has 0 fully saturated rings. The highest BCUT2D eigenvalue weighted by Crippen LogP contribution is 2.29. The van der Waals surface area contributed by atoms with Crippen molar-refractivity contribution in [3.8, 4) is 5.75 Å². The van der Waals surface area contributed by atoms with Gasteiger partial charge < -0.3 is 20.2 Å². The number of carbonyl (C=O) groups excluding carboxylic acids is 1. The first kappa shape index (κ1) is 13.5. The number of phenolic OH excluding ortho intramolecular Hbond substituents is 1. The molecule has 0 atom stereocenters. The Morgan fingerprint density at radius 1 is 1.17 bits per heavy atom. The van der Waals surface area contributed by atoms with E-state index < -0.39 is 0 Å². The van der Waals surface area contributed by atoms with Crippen LogP contribution in [0.1, 0.15) is 21.8 Å². The highest BCUT2D eigenvalue weighted by atomic mass is 16.3. The zero-order valence-electron chi connectivity index (χ0n) is 12.4. The van der Waals surface area contributed by atoms with Crippen molar-refractivity contribution in [3.05, 3.63) is 59.5 Å². The van der Waals surface area contributed by atoms with Gasteiger partial charge in [-0.15, -0.1) is 0 Å². The molecule has 2 aromatic heterocycles. The van der Waals surface area contributed by atoms with Crippen LogP contribution < -0.4 is 5.73 Å². The minimum Gasteiger partial charge on any atom is -0.508 e. The number of furan rings is 1. The molecular formula is C18H14N2O3. The lowest BCUT2D eigenvalue weighted by Gasteiger charge is -1.96. The molecule has 0 radical (unpaired) electrons. The molecule has 0 saturated carbocycles. The molecule has 0 aliphatic heterocycles. The molecule has 4 rings (SSSR count). The first-order valence-electron chi connectivity index (χ1n) is 7.18. The average Bonchev–Trinajstić information content (AvgIpc) is 3.08. The molecule has 0 unspecified atom stereocenters. The Labute approximate surface area is 131 Å². The van der Waals surface area contributed by atoms with Crippen LogP contribution in [-0.2, 0) is 0 Å². The van der Waals surface area contributed by atoms with Gasteiger partial charge in [-0.2, -0.15) is 0 Å². The van der Waals surface area contributed by atoms with Gasteiger partial charge in [0.15, 0.2) is 5.76 Å². The van der Waals surface area contributed by atoms with E-state index in [0.717, 1.165) is 21.9 Å². The molecule has 4 aromatic rings. The van der Waals surface area contributed by atoms with Gasteiger partial charge >= 0.3 is 0 Å². The van der Waals surface area contributed by atoms with Crippen molar-refractivity contribution in [2.75, 3.05) is 5.73 Å². The second-order valence-corrected chi connectivity index (χ2v) is 5.59. The Kier molecular flexibility index (Phi) is 2.72. The summed E-state index contributed by atoms with van der Waals surface area (Å²) in [6.07, 6.45) is 0. The van der Waals surface area contributed by atoms with Crippen molar-refractivity contribution in [3.63, 3.8) is 0 Å². The lowest BCUT2D eigenvalue weighted by Crippen LogP contribution is -2.01. The molecule has 0 saturated heterocycles.